The van der Waals surface area contributed by atoms with E-state index in [1.165, 1.54) is 5.56 Å². The predicted octanol–water partition coefficient (Wildman–Crippen LogP) is 6.44. The number of halogens is 1. The maximum absolute atomic E-state index is 6.04. The summed E-state index contributed by atoms with van der Waals surface area (Å²) in [6.07, 6.45) is 1.72. The van der Waals surface area contributed by atoms with Crippen LogP contribution in [-0.2, 0) is 11.5 Å². The SMILES string of the molecule is COc1ccc(CSc2nnc(SCc3ncc(-c4cccc(Cl)c4)o3)s2)cc1. The molecule has 2 aromatic carbocycles. The van der Waals surface area contributed by atoms with Crippen molar-refractivity contribution in [3.63, 3.8) is 0 Å². The lowest BCUT2D eigenvalue weighted by molar-refractivity contribution is 0.414. The fraction of sp³-hybridized carbons (Fsp3) is 0.150. The van der Waals surface area contributed by atoms with E-state index in [-0.39, 0.29) is 0 Å². The summed E-state index contributed by atoms with van der Waals surface area (Å²) in [5, 5.41) is 9.18. The molecule has 29 heavy (non-hydrogen) atoms. The fourth-order valence-electron chi connectivity index (χ4n) is 2.46. The van der Waals surface area contributed by atoms with Gasteiger partial charge in [-0.1, -0.05) is 70.7 Å². The highest BCUT2D eigenvalue weighted by Gasteiger charge is 2.10. The standard InChI is InChI=1S/C20H16ClN3O2S3/c1-25-16-7-5-13(6-8-16)11-27-19-23-24-20(29-19)28-12-18-22-10-17(26-18)14-3-2-4-15(21)9-14/h2-10H,11-12H2,1H3. The van der Waals surface area contributed by atoms with Gasteiger partial charge in [-0.25, -0.2) is 4.98 Å². The van der Waals surface area contributed by atoms with Crippen molar-refractivity contribution in [3.05, 3.63) is 71.2 Å². The molecule has 0 bridgehead atoms. The van der Waals surface area contributed by atoms with E-state index in [4.69, 9.17) is 20.8 Å². The third-order valence-corrected chi connectivity index (χ3v) is 7.37. The minimum atomic E-state index is 0.596. The lowest BCUT2D eigenvalue weighted by Gasteiger charge is -2.01. The van der Waals surface area contributed by atoms with Gasteiger partial charge in [-0.05, 0) is 29.8 Å². The van der Waals surface area contributed by atoms with Crippen LogP contribution in [0.15, 0.2) is 67.8 Å². The number of hydrogen-bond acceptors (Lipinski definition) is 8. The van der Waals surface area contributed by atoms with Crippen LogP contribution in [0.5, 0.6) is 5.75 Å². The van der Waals surface area contributed by atoms with Gasteiger partial charge in [0.15, 0.2) is 14.4 Å². The van der Waals surface area contributed by atoms with Crippen LogP contribution in [-0.4, -0.2) is 22.3 Å². The Bertz CT molecular complexity index is 1080. The maximum atomic E-state index is 6.04. The average Bonchev–Trinajstić information content (AvgIpc) is 3.41. The Morgan fingerprint density at radius 3 is 2.52 bits per heavy atom. The normalized spacial score (nSPS) is 11.0. The summed E-state index contributed by atoms with van der Waals surface area (Å²) in [6, 6.07) is 15.6. The van der Waals surface area contributed by atoms with E-state index in [1.54, 1.807) is 48.2 Å². The van der Waals surface area contributed by atoms with Crippen molar-refractivity contribution in [3.8, 4) is 17.1 Å². The van der Waals surface area contributed by atoms with Crippen LogP contribution in [0.25, 0.3) is 11.3 Å². The molecule has 0 saturated carbocycles. The summed E-state index contributed by atoms with van der Waals surface area (Å²) in [4.78, 5) is 4.34. The van der Waals surface area contributed by atoms with Gasteiger partial charge in [0.05, 0.1) is 19.1 Å². The van der Waals surface area contributed by atoms with Crippen LogP contribution in [0.1, 0.15) is 11.5 Å². The highest BCUT2D eigenvalue weighted by molar-refractivity contribution is 8.02. The number of nitrogens with zero attached hydrogens (tertiary/aromatic N) is 3. The lowest BCUT2D eigenvalue weighted by Crippen LogP contribution is -1.84. The Balaban J connectivity index is 1.30. The second-order valence-electron chi connectivity index (χ2n) is 5.89. The molecule has 0 saturated heterocycles. The Morgan fingerprint density at radius 2 is 1.79 bits per heavy atom. The smallest absolute Gasteiger partial charge is 0.205 e. The highest BCUT2D eigenvalue weighted by atomic mass is 35.5. The zero-order valence-electron chi connectivity index (χ0n) is 15.4. The molecule has 0 aliphatic carbocycles. The molecule has 2 aromatic heterocycles. The van der Waals surface area contributed by atoms with Gasteiger partial charge < -0.3 is 9.15 Å². The Hall–Kier alpha value is -2.00. The molecular formula is C20H16ClN3O2S3. The van der Waals surface area contributed by atoms with Crippen molar-refractivity contribution >= 4 is 46.5 Å². The van der Waals surface area contributed by atoms with Crippen molar-refractivity contribution in [1.82, 2.24) is 15.2 Å². The van der Waals surface area contributed by atoms with Crippen LogP contribution in [0.3, 0.4) is 0 Å². The Labute approximate surface area is 185 Å². The Morgan fingerprint density at radius 1 is 1.03 bits per heavy atom. The fourth-order valence-corrected chi connectivity index (χ4v) is 5.48. The molecule has 4 aromatic rings. The van der Waals surface area contributed by atoms with Gasteiger partial charge in [0.1, 0.15) is 5.75 Å². The lowest BCUT2D eigenvalue weighted by atomic mass is 10.2. The molecule has 5 nitrogen and oxygen atoms in total. The quantitative estimate of drug-likeness (QED) is 0.280. The number of aromatic nitrogens is 3. The zero-order chi connectivity index (χ0) is 20.1. The zero-order valence-corrected chi connectivity index (χ0v) is 18.6. The molecule has 0 fully saturated rings. The van der Waals surface area contributed by atoms with E-state index in [0.717, 1.165) is 25.7 Å². The van der Waals surface area contributed by atoms with Crippen molar-refractivity contribution < 1.29 is 9.15 Å². The summed E-state index contributed by atoms with van der Waals surface area (Å²) in [7, 11) is 1.67. The largest absolute Gasteiger partial charge is 0.497 e. The third kappa shape index (κ3) is 5.54. The van der Waals surface area contributed by atoms with Gasteiger partial charge in [0.25, 0.3) is 0 Å². The molecule has 9 heteroatoms. The van der Waals surface area contributed by atoms with Crippen molar-refractivity contribution in [1.29, 1.82) is 0 Å². The van der Waals surface area contributed by atoms with Gasteiger partial charge in [0.2, 0.25) is 5.89 Å². The topological polar surface area (TPSA) is 61.0 Å². The van der Waals surface area contributed by atoms with E-state index >= 15 is 0 Å². The van der Waals surface area contributed by atoms with Gasteiger partial charge in [0, 0.05) is 16.3 Å². The first-order valence-electron chi connectivity index (χ1n) is 8.62. The van der Waals surface area contributed by atoms with Gasteiger partial charge in [-0.3, -0.25) is 0 Å². The Kier molecular flexibility index (Phi) is 6.76. The molecule has 148 valence electrons. The summed E-state index contributed by atoms with van der Waals surface area (Å²) in [6.45, 7) is 0. The van der Waals surface area contributed by atoms with Crippen molar-refractivity contribution in [2.45, 2.75) is 20.2 Å². The molecule has 0 atom stereocenters. The van der Waals surface area contributed by atoms with Gasteiger partial charge in [-0.15, -0.1) is 10.2 Å². The predicted molar refractivity (Wildman–Crippen MR) is 119 cm³/mol. The first-order valence-corrected chi connectivity index (χ1v) is 11.8. The highest BCUT2D eigenvalue weighted by Crippen LogP contribution is 2.33. The molecule has 0 radical (unpaired) electrons. The monoisotopic (exact) mass is 461 g/mol. The minimum absolute atomic E-state index is 0.596. The number of ether oxygens (including phenoxy) is 1. The molecule has 0 aliphatic heterocycles. The van der Waals surface area contributed by atoms with E-state index in [1.807, 2.05) is 36.4 Å². The number of rotatable bonds is 8. The second kappa shape index (κ2) is 9.67. The molecule has 0 unspecified atom stereocenters. The molecule has 2 heterocycles. The third-order valence-electron chi connectivity index (χ3n) is 3.89. The van der Waals surface area contributed by atoms with Crippen LogP contribution in [0.2, 0.25) is 5.02 Å². The van der Waals surface area contributed by atoms with E-state index in [2.05, 4.69) is 27.3 Å². The van der Waals surface area contributed by atoms with Crippen molar-refractivity contribution in [2.24, 2.45) is 0 Å². The van der Waals surface area contributed by atoms with Crippen LogP contribution >= 0.6 is 46.5 Å². The van der Waals surface area contributed by atoms with Gasteiger partial charge >= 0.3 is 0 Å². The van der Waals surface area contributed by atoms with Crippen molar-refractivity contribution in [2.75, 3.05) is 7.11 Å². The number of oxazole rings is 1. The van der Waals surface area contributed by atoms with Gasteiger partial charge in [-0.2, -0.15) is 0 Å². The molecule has 0 spiro atoms. The average molecular weight is 462 g/mol. The molecule has 0 amide bonds. The summed E-state index contributed by atoms with van der Waals surface area (Å²) in [5.74, 6) is 3.65. The number of benzene rings is 2. The molecular weight excluding hydrogens is 446 g/mol. The first kappa shape index (κ1) is 20.3. The summed E-state index contributed by atoms with van der Waals surface area (Å²) in [5.41, 5.74) is 2.13. The molecule has 0 N–H and O–H groups in total. The number of methoxy groups -OCH3 is 1. The van der Waals surface area contributed by atoms with Crippen LogP contribution in [0.4, 0.5) is 0 Å². The molecule has 0 aliphatic rings. The molecule has 4 rings (SSSR count). The number of thioether (sulfide) groups is 2. The minimum Gasteiger partial charge on any atom is -0.497 e. The van der Waals surface area contributed by atoms with Crippen LogP contribution < -0.4 is 4.74 Å². The van der Waals surface area contributed by atoms with E-state index in [0.29, 0.717) is 22.4 Å². The van der Waals surface area contributed by atoms with Crippen LogP contribution in [0, 0.1) is 0 Å². The number of hydrogen-bond donors (Lipinski definition) is 0. The summed E-state index contributed by atoms with van der Waals surface area (Å²) >= 11 is 10.8. The first-order chi connectivity index (χ1) is 14.2. The maximum Gasteiger partial charge on any atom is 0.205 e. The second-order valence-corrected chi connectivity index (χ2v) is 9.75. The van der Waals surface area contributed by atoms with E-state index < -0.39 is 0 Å². The summed E-state index contributed by atoms with van der Waals surface area (Å²) < 4.78 is 12.8. The van der Waals surface area contributed by atoms with E-state index in [9.17, 15) is 0 Å².